The maximum atomic E-state index is 11.6. The maximum absolute atomic E-state index is 11.6. The Morgan fingerprint density at radius 1 is 1.36 bits per heavy atom. The van der Waals surface area contributed by atoms with E-state index >= 15 is 0 Å². The third-order valence-electron chi connectivity index (χ3n) is 3.35. The van der Waals surface area contributed by atoms with Gasteiger partial charge in [-0.3, -0.25) is 9.59 Å². The maximum Gasteiger partial charge on any atom is 0.248 e. The van der Waals surface area contributed by atoms with E-state index in [2.05, 4.69) is 5.32 Å². The molecule has 1 aliphatic rings. The zero-order chi connectivity index (χ0) is 15.9. The SMILES string of the molecule is COCC(=O)N[C@@H]1CCOC[C@H]1Oc1ccc(C(N)=O)cc1. The molecule has 120 valence electrons. The number of carbonyl (C=O) groups excluding carboxylic acids is 2. The first-order valence-electron chi connectivity index (χ1n) is 7.02. The van der Waals surface area contributed by atoms with Crippen molar-refractivity contribution in [3.8, 4) is 5.75 Å². The molecule has 0 bridgehead atoms. The Bertz CT molecular complexity index is 517. The van der Waals surface area contributed by atoms with Crippen LogP contribution in [0.4, 0.5) is 0 Å². The van der Waals surface area contributed by atoms with Crippen LogP contribution in [-0.2, 0) is 14.3 Å². The van der Waals surface area contributed by atoms with E-state index in [1.807, 2.05) is 0 Å². The number of primary amides is 1. The minimum absolute atomic E-state index is 0.0113. The van der Waals surface area contributed by atoms with Gasteiger partial charge in [0.2, 0.25) is 11.8 Å². The van der Waals surface area contributed by atoms with Crippen LogP contribution in [-0.4, -0.2) is 50.9 Å². The summed E-state index contributed by atoms with van der Waals surface area (Å²) in [5, 5.41) is 2.88. The van der Waals surface area contributed by atoms with Crippen molar-refractivity contribution in [3.63, 3.8) is 0 Å². The van der Waals surface area contributed by atoms with E-state index in [0.29, 0.717) is 30.9 Å². The van der Waals surface area contributed by atoms with Crippen molar-refractivity contribution in [1.82, 2.24) is 5.32 Å². The average Bonchev–Trinajstić information content (AvgIpc) is 2.50. The summed E-state index contributed by atoms with van der Waals surface area (Å²) in [4.78, 5) is 22.7. The first kappa shape index (κ1) is 16.3. The van der Waals surface area contributed by atoms with Crippen LogP contribution < -0.4 is 15.8 Å². The van der Waals surface area contributed by atoms with E-state index < -0.39 is 5.91 Å². The summed E-state index contributed by atoms with van der Waals surface area (Å²) in [6.45, 7) is 0.964. The van der Waals surface area contributed by atoms with Gasteiger partial charge < -0.3 is 25.3 Å². The first-order valence-corrected chi connectivity index (χ1v) is 7.02. The third-order valence-corrected chi connectivity index (χ3v) is 3.35. The van der Waals surface area contributed by atoms with E-state index in [-0.39, 0.29) is 24.7 Å². The molecule has 1 fully saturated rings. The molecular formula is C15H20N2O5. The lowest BCUT2D eigenvalue weighted by atomic mass is 10.1. The number of benzene rings is 1. The van der Waals surface area contributed by atoms with Crippen molar-refractivity contribution in [1.29, 1.82) is 0 Å². The molecule has 1 aromatic carbocycles. The minimum atomic E-state index is -0.489. The highest BCUT2D eigenvalue weighted by Crippen LogP contribution is 2.18. The molecule has 3 N–H and O–H groups in total. The highest BCUT2D eigenvalue weighted by molar-refractivity contribution is 5.92. The van der Waals surface area contributed by atoms with Crippen LogP contribution in [0.2, 0.25) is 0 Å². The summed E-state index contributed by atoms with van der Waals surface area (Å²) >= 11 is 0. The van der Waals surface area contributed by atoms with Gasteiger partial charge in [0.05, 0.1) is 12.6 Å². The van der Waals surface area contributed by atoms with Crippen molar-refractivity contribution in [2.75, 3.05) is 26.9 Å². The van der Waals surface area contributed by atoms with Gasteiger partial charge in [-0.05, 0) is 30.7 Å². The topological polar surface area (TPSA) is 99.9 Å². The fourth-order valence-corrected chi connectivity index (χ4v) is 2.25. The summed E-state index contributed by atoms with van der Waals surface area (Å²) in [7, 11) is 1.47. The first-order chi connectivity index (χ1) is 10.6. The van der Waals surface area contributed by atoms with Crippen LogP contribution in [0, 0.1) is 0 Å². The van der Waals surface area contributed by atoms with Crippen LogP contribution in [0.25, 0.3) is 0 Å². The Hall–Kier alpha value is -2.12. The van der Waals surface area contributed by atoms with Crippen LogP contribution in [0.3, 0.4) is 0 Å². The van der Waals surface area contributed by atoms with E-state index in [1.54, 1.807) is 24.3 Å². The van der Waals surface area contributed by atoms with Gasteiger partial charge in [0.15, 0.2) is 0 Å². The average molecular weight is 308 g/mol. The number of amides is 2. The van der Waals surface area contributed by atoms with E-state index in [4.69, 9.17) is 19.9 Å². The number of methoxy groups -OCH3 is 1. The molecule has 0 aromatic heterocycles. The highest BCUT2D eigenvalue weighted by Gasteiger charge is 2.28. The molecule has 0 saturated carbocycles. The lowest BCUT2D eigenvalue weighted by Crippen LogP contribution is -2.52. The largest absolute Gasteiger partial charge is 0.486 e. The van der Waals surface area contributed by atoms with Gasteiger partial charge in [-0.2, -0.15) is 0 Å². The van der Waals surface area contributed by atoms with Crippen molar-refractivity contribution in [2.45, 2.75) is 18.6 Å². The number of rotatable bonds is 6. The van der Waals surface area contributed by atoms with Gasteiger partial charge in [0.1, 0.15) is 18.5 Å². The number of carbonyl (C=O) groups is 2. The Morgan fingerprint density at radius 2 is 2.09 bits per heavy atom. The van der Waals surface area contributed by atoms with E-state index in [1.165, 1.54) is 7.11 Å². The van der Waals surface area contributed by atoms with Gasteiger partial charge in [0.25, 0.3) is 0 Å². The molecule has 7 heteroatoms. The summed E-state index contributed by atoms with van der Waals surface area (Å²) < 4.78 is 16.1. The molecule has 1 saturated heterocycles. The number of nitrogens with two attached hydrogens (primary N) is 1. The Labute approximate surface area is 128 Å². The predicted molar refractivity (Wildman–Crippen MR) is 78.6 cm³/mol. The number of hydrogen-bond donors (Lipinski definition) is 2. The van der Waals surface area contributed by atoms with Crippen molar-refractivity contribution in [3.05, 3.63) is 29.8 Å². The highest BCUT2D eigenvalue weighted by atomic mass is 16.5. The second-order valence-electron chi connectivity index (χ2n) is 5.02. The van der Waals surface area contributed by atoms with Gasteiger partial charge in [-0.15, -0.1) is 0 Å². The molecular weight excluding hydrogens is 288 g/mol. The fraction of sp³-hybridized carbons (Fsp3) is 0.467. The lowest BCUT2D eigenvalue weighted by molar-refractivity contribution is -0.127. The van der Waals surface area contributed by atoms with Gasteiger partial charge >= 0.3 is 0 Å². The quantitative estimate of drug-likeness (QED) is 0.775. The molecule has 1 heterocycles. The molecule has 22 heavy (non-hydrogen) atoms. The summed E-state index contributed by atoms with van der Waals surface area (Å²) in [5.74, 6) is -0.0872. The van der Waals surface area contributed by atoms with Crippen LogP contribution >= 0.6 is 0 Å². The van der Waals surface area contributed by atoms with Gasteiger partial charge in [0, 0.05) is 19.3 Å². The monoisotopic (exact) mass is 308 g/mol. The van der Waals surface area contributed by atoms with Gasteiger partial charge in [-0.25, -0.2) is 0 Å². The van der Waals surface area contributed by atoms with Crippen molar-refractivity contribution >= 4 is 11.8 Å². The van der Waals surface area contributed by atoms with E-state index in [0.717, 1.165) is 0 Å². The smallest absolute Gasteiger partial charge is 0.248 e. The number of hydrogen-bond acceptors (Lipinski definition) is 5. The second-order valence-corrected chi connectivity index (χ2v) is 5.02. The molecule has 0 radical (unpaired) electrons. The molecule has 1 aromatic rings. The molecule has 2 rings (SSSR count). The molecule has 0 aliphatic carbocycles. The molecule has 7 nitrogen and oxygen atoms in total. The van der Waals surface area contributed by atoms with Crippen LogP contribution in [0.15, 0.2) is 24.3 Å². The fourth-order valence-electron chi connectivity index (χ4n) is 2.25. The van der Waals surface area contributed by atoms with Gasteiger partial charge in [-0.1, -0.05) is 0 Å². The summed E-state index contributed by atoms with van der Waals surface area (Å²) in [6.07, 6.45) is 0.369. The molecule has 1 aliphatic heterocycles. The Kier molecular flexibility index (Phi) is 5.74. The normalized spacial score (nSPS) is 21.1. The van der Waals surface area contributed by atoms with E-state index in [9.17, 15) is 9.59 Å². The Balaban J connectivity index is 1.98. The lowest BCUT2D eigenvalue weighted by Gasteiger charge is -2.32. The number of ether oxygens (including phenoxy) is 3. The second kappa shape index (κ2) is 7.77. The Morgan fingerprint density at radius 3 is 2.73 bits per heavy atom. The van der Waals surface area contributed by atoms with Crippen molar-refractivity contribution < 1.29 is 23.8 Å². The van der Waals surface area contributed by atoms with Crippen molar-refractivity contribution in [2.24, 2.45) is 5.73 Å². The third kappa shape index (κ3) is 4.44. The van der Waals surface area contributed by atoms with Crippen LogP contribution in [0.5, 0.6) is 5.75 Å². The van der Waals surface area contributed by atoms with Crippen LogP contribution in [0.1, 0.15) is 16.8 Å². The molecule has 0 spiro atoms. The summed E-state index contributed by atoms with van der Waals surface area (Å²) in [5.41, 5.74) is 5.61. The minimum Gasteiger partial charge on any atom is -0.486 e. The summed E-state index contributed by atoms with van der Waals surface area (Å²) in [6, 6.07) is 6.39. The predicted octanol–water partition coefficient (Wildman–Crippen LogP) is 0.0844. The number of nitrogens with one attached hydrogen (secondary N) is 1. The standard InChI is InChI=1S/C15H20N2O5/c1-20-9-14(18)17-12-6-7-21-8-13(12)22-11-4-2-10(3-5-11)15(16)19/h2-5,12-13H,6-9H2,1H3,(H2,16,19)(H,17,18)/t12-,13-/m1/s1. The molecule has 0 unspecified atom stereocenters. The molecule has 2 amide bonds. The zero-order valence-corrected chi connectivity index (χ0v) is 12.4. The molecule has 2 atom stereocenters. The zero-order valence-electron chi connectivity index (χ0n) is 12.4.